The van der Waals surface area contributed by atoms with Crippen LogP contribution in [-0.2, 0) is 15.0 Å². The summed E-state index contributed by atoms with van der Waals surface area (Å²) in [7, 11) is 0. The van der Waals surface area contributed by atoms with Gasteiger partial charge in [0.25, 0.3) is 5.91 Å². The zero-order chi connectivity index (χ0) is 28.0. The fourth-order valence-electron chi connectivity index (χ4n) is 5.68. The van der Waals surface area contributed by atoms with E-state index in [1.54, 1.807) is 0 Å². The topological polar surface area (TPSA) is 52.7 Å². The molecule has 0 saturated carbocycles. The van der Waals surface area contributed by atoms with Crippen LogP contribution in [0.1, 0.15) is 70.5 Å². The molecule has 206 valence electrons. The quantitative estimate of drug-likeness (QED) is 0.312. The molecule has 0 bridgehead atoms. The van der Waals surface area contributed by atoms with Crippen LogP contribution in [0.2, 0.25) is 0 Å². The first-order valence-corrected chi connectivity index (χ1v) is 14.2. The highest BCUT2D eigenvalue weighted by Gasteiger charge is 2.40. The van der Waals surface area contributed by atoms with Gasteiger partial charge in [0.05, 0.1) is 17.5 Å². The summed E-state index contributed by atoms with van der Waals surface area (Å²) in [6.07, 6.45) is 9.65. The van der Waals surface area contributed by atoms with Crippen molar-refractivity contribution in [2.75, 3.05) is 25.0 Å². The fourth-order valence-corrected chi connectivity index (χ4v) is 5.68. The van der Waals surface area contributed by atoms with Gasteiger partial charge in [-0.15, -0.1) is 0 Å². The Kier molecular flexibility index (Phi) is 9.11. The van der Waals surface area contributed by atoms with Gasteiger partial charge in [-0.3, -0.25) is 9.59 Å². The molecule has 2 aliphatic rings. The van der Waals surface area contributed by atoms with Gasteiger partial charge in [-0.25, -0.2) is 0 Å². The number of hydrogen-bond donors (Lipinski definition) is 1. The molecule has 2 unspecified atom stereocenters. The molecule has 2 heterocycles. The number of allylic oxidation sites excluding steroid dienone is 3. The van der Waals surface area contributed by atoms with E-state index in [2.05, 4.69) is 49.7 Å². The SMILES string of the molecule is C=C(C(=O)N1CCCC(C(=O)Nc2cccc(C(C)(C)C)c2)C1c1ccccc1)/C(=C\C=C/C)N1CCCC1. The minimum absolute atomic E-state index is 0.0186. The molecule has 39 heavy (non-hydrogen) atoms. The number of piperidine rings is 1. The predicted octanol–water partition coefficient (Wildman–Crippen LogP) is 7.01. The van der Waals surface area contributed by atoms with Crippen LogP contribution in [0.4, 0.5) is 5.69 Å². The summed E-state index contributed by atoms with van der Waals surface area (Å²) in [5, 5.41) is 3.18. The van der Waals surface area contributed by atoms with Crippen molar-refractivity contribution in [3.05, 3.63) is 102 Å². The molecule has 2 aromatic rings. The van der Waals surface area contributed by atoms with Gasteiger partial charge in [-0.05, 0) is 67.4 Å². The Balaban J connectivity index is 1.64. The largest absolute Gasteiger partial charge is 0.371 e. The molecule has 2 aromatic carbocycles. The first-order chi connectivity index (χ1) is 18.7. The molecule has 5 nitrogen and oxygen atoms in total. The number of anilines is 1. The number of nitrogens with one attached hydrogen (secondary N) is 1. The molecule has 0 radical (unpaired) electrons. The molecule has 0 aromatic heterocycles. The Labute approximate surface area is 234 Å². The maximum absolute atomic E-state index is 14.1. The summed E-state index contributed by atoms with van der Waals surface area (Å²) in [6, 6.07) is 17.7. The molecule has 1 N–H and O–H groups in total. The van der Waals surface area contributed by atoms with Crippen LogP contribution >= 0.6 is 0 Å². The summed E-state index contributed by atoms with van der Waals surface area (Å²) in [5.41, 5.74) is 4.29. The average molecular weight is 526 g/mol. The van der Waals surface area contributed by atoms with E-state index in [1.165, 1.54) is 5.56 Å². The zero-order valence-electron chi connectivity index (χ0n) is 24.0. The molecule has 5 heteroatoms. The van der Waals surface area contributed by atoms with Gasteiger partial charge in [-0.1, -0.05) is 82.0 Å². The lowest BCUT2D eigenvalue weighted by molar-refractivity contribution is -0.135. The van der Waals surface area contributed by atoms with Crippen molar-refractivity contribution in [1.82, 2.24) is 9.80 Å². The molecule has 2 aliphatic heterocycles. The lowest BCUT2D eigenvalue weighted by Gasteiger charge is -2.42. The van der Waals surface area contributed by atoms with E-state index in [1.807, 2.05) is 72.5 Å². The minimum Gasteiger partial charge on any atom is -0.371 e. The smallest absolute Gasteiger partial charge is 0.255 e. The van der Waals surface area contributed by atoms with Crippen LogP contribution in [0.5, 0.6) is 0 Å². The Morgan fingerprint density at radius 1 is 0.974 bits per heavy atom. The number of nitrogens with zero attached hydrogens (tertiary/aromatic N) is 2. The van der Waals surface area contributed by atoms with Gasteiger partial charge in [0.1, 0.15) is 0 Å². The van der Waals surface area contributed by atoms with Gasteiger partial charge < -0.3 is 15.1 Å². The van der Waals surface area contributed by atoms with Gasteiger partial charge in [0.15, 0.2) is 0 Å². The number of likely N-dealkylation sites (tertiary alicyclic amines) is 2. The molecule has 2 saturated heterocycles. The molecule has 2 atom stereocenters. The lowest BCUT2D eigenvalue weighted by atomic mass is 9.83. The van der Waals surface area contributed by atoms with Gasteiger partial charge in [-0.2, -0.15) is 0 Å². The van der Waals surface area contributed by atoms with Crippen molar-refractivity contribution in [1.29, 1.82) is 0 Å². The van der Waals surface area contributed by atoms with E-state index >= 15 is 0 Å². The number of carbonyl (C=O) groups excluding carboxylic acids is 2. The summed E-state index contributed by atoms with van der Waals surface area (Å²) in [6.45, 7) is 15.2. The highest BCUT2D eigenvalue weighted by atomic mass is 16.2. The summed E-state index contributed by atoms with van der Waals surface area (Å²) in [4.78, 5) is 32.1. The van der Waals surface area contributed by atoms with Crippen LogP contribution in [0.15, 0.2) is 90.7 Å². The zero-order valence-corrected chi connectivity index (χ0v) is 24.0. The molecule has 0 spiro atoms. The maximum Gasteiger partial charge on any atom is 0.255 e. The maximum atomic E-state index is 14.1. The third kappa shape index (κ3) is 6.70. The van der Waals surface area contributed by atoms with Crippen molar-refractivity contribution >= 4 is 17.5 Å². The number of benzene rings is 2. The standard InChI is InChI=1S/C34H43N3O2/c1-6-7-20-30(36-21-11-12-22-36)25(2)33(39)37-23-14-19-29(31(37)26-15-9-8-10-16-26)32(38)35-28-18-13-17-27(24-28)34(3,4)5/h6-10,13,15-18,20,24,29,31H,2,11-12,14,19,21-23H2,1,3-5H3,(H,35,38)/b7-6-,30-20+. The highest BCUT2D eigenvalue weighted by molar-refractivity contribution is 5.99. The number of amides is 2. The van der Waals surface area contributed by atoms with E-state index in [4.69, 9.17) is 0 Å². The Morgan fingerprint density at radius 3 is 2.36 bits per heavy atom. The van der Waals surface area contributed by atoms with Crippen LogP contribution in [0.3, 0.4) is 0 Å². The second-order valence-corrected chi connectivity index (χ2v) is 11.7. The first kappa shape index (κ1) is 28.4. The van der Waals surface area contributed by atoms with Crippen molar-refractivity contribution < 1.29 is 9.59 Å². The van der Waals surface area contributed by atoms with E-state index in [-0.39, 0.29) is 29.2 Å². The van der Waals surface area contributed by atoms with E-state index in [9.17, 15) is 9.59 Å². The minimum atomic E-state index is -0.369. The molecule has 4 rings (SSSR count). The van der Waals surface area contributed by atoms with Crippen LogP contribution in [0.25, 0.3) is 0 Å². The highest BCUT2D eigenvalue weighted by Crippen LogP contribution is 2.39. The van der Waals surface area contributed by atoms with Gasteiger partial charge in [0, 0.05) is 31.0 Å². The summed E-state index contributed by atoms with van der Waals surface area (Å²) in [5.74, 6) is -0.521. The number of hydrogen-bond acceptors (Lipinski definition) is 3. The average Bonchev–Trinajstić information content (AvgIpc) is 3.47. The lowest BCUT2D eigenvalue weighted by Crippen LogP contribution is -2.47. The second kappa shape index (κ2) is 12.5. The molecule has 0 aliphatic carbocycles. The molecule has 2 fully saturated rings. The van der Waals surface area contributed by atoms with Crippen molar-refractivity contribution in [3.8, 4) is 0 Å². The van der Waals surface area contributed by atoms with Crippen LogP contribution in [0, 0.1) is 5.92 Å². The summed E-state index contributed by atoms with van der Waals surface area (Å²) >= 11 is 0. The predicted molar refractivity (Wildman–Crippen MR) is 160 cm³/mol. The Morgan fingerprint density at radius 2 is 1.69 bits per heavy atom. The van der Waals surface area contributed by atoms with Crippen molar-refractivity contribution in [2.45, 2.75) is 64.8 Å². The van der Waals surface area contributed by atoms with E-state index in [0.29, 0.717) is 18.5 Å². The summed E-state index contributed by atoms with van der Waals surface area (Å²) < 4.78 is 0. The van der Waals surface area contributed by atoms with Crippen molar-refractivity contribution in [3.63, 3.8) is 0 Å². The van der Waals surface area contributed by atoms with Gasteiger partial charge >= 0.3 is 0 Å². The van der Waals surface area contributed by atoms with Crippen molar-refractivity contribution in [2.24, 2.45) is 5.92 Å². The van der Waals surface area contributed by atoms with Crippen LogP contribution < -0.4 is 5.32 Å². The van der Waals surface area contributed by atoms with Gasteiger partial charge in [0.2, 0.25) is 5.91 Å². The number of carbonyl (C=O) groups is 2. The Hall–Kier alpha value is -3.60. The first-order valence-electron chi connectivity index (χ1n) is 14.2. The fraction of sp³-hybridized carbons (Fsp3) is 0.412. The number of rotatable bonds is 7. The monoisotopic (exact) mass is 525 g/mol. The molecular weight excluding hydrogens is 482 g/mol. The third-order valence-corrected chi connectivity index (χ3v) is 7.83. The Bertz CT molecular complexity index is 1230. The van der Waals surface area contributed by atoms with E-state index in [0.717, 1.165) is 49.3 Å². The van der Waals surface area contributed by atoms with Crippen LogP contribution in [-0.4, -0.2) is 41.2 Å². The molecular formula is C34H43N3O2. The molecule has 2 amide bonds. The second-order valence-electron chi connectivity index (χ2n) is 11.7. The normalized spacial score (nSPS) is 20.4. The van der Waals surface area contributed by atoms with E-state index < -0.39 is 0 Å². The third-order valence-electron chi connectivity index (χ3n) is 7.83.